The van der Waals surface area contributed by atoms with E-state index in [9.17, 15) is 0 Å². The van der Waals surface area contributed by atoms with E-state index >= 15 is 0 Å². The molecule has 128 valence electrons. The van der Waals surface area contributed by atoms with Crippen LogP contribution in [-0.4, -0.2) is 4.98 Å². The van der Waals surface area contributed by atoms with Crippen molar-refractivity contribution in [1.82, 2.24) is 4.98 Å². The Bertz CT molecular complexity index is 1130. The molecule has 1 unspecified atom stereocenters. The molecule has 1 saturated carbocycles. The maximum atomic E-state index is 3.82. The van der Waals surface area contributed by atoms with Gasteiger partial charge in [-0.1, -0.05) is 73.5 Å². The number of hydrogen-bond acceptors (Lipinski definition) is 0. The van der Waals surface area contributed by atoms with Crippen molar-refractivity contribution < 1.29 is 0 Å². The lowest BCUT2D eigenvalue weighted by Crippen LogP contribution is -2.18. The van der Waals surface area contributed by atoms with Gasteiger partial charge in [0.2, 0.25) is 0 Å². The molecule has 6 rings (SSSR count). The number of hydrogen-bond donors (Lipinski definition) is 1. The molecule has 0 saturated heterocycles. The van der Waals surface area contributed by atoms with Crippen molar-refractivity contribution in [3.05, 3.63) is 83.6 Å². The first-order chi connectivity index (χ1) is 12.8. The van der Waals surface area contributed by atoms with Crippen molar-refractivity contribution in [3.8, 4) is 0 Å². The minimum atomic E-state index is 0.394. The maximum absolute atomic E-state index is 3.82. The average molecular weight is 337 g/mol. The number of aromatic amines is 1. The molecule has 0 bridgehead atoms. The number of aromatic nitrogens is 1. The van der Waals surface area contributed by atoms with E-state index in [1.165, 1.54) is 65.0 Å². The number of H-pyrrole nitrogens is 1. The molecule has 26 heavy (non-hydrogen) atoms. The predicted octanol–water partition coefficient (Wildman–Crippen LogP) is 6.67. The van der Waals surface area contributed by atoms with Gasteiger partial charge in [0.25, 0.3) is 0 Å². The van der Waals surface area contributed by atoms with Gasteiger partial charge < -0.3 is 4.98 Å². The van der Waals surface area contributed by atoms with E-state index in [1.54, 1.807) is 5.56 Å². The fraction of sp³-hybridized carbons (Fsp3) is 0.280. The molecular formula is C25H23N. The summed E-state index contributed by atoms with van der Waals surface area (Å²) in [6.45, 7) is 0. The second-order valence-corrected chi connectivity index (χ2v) is 8.31. The third kappa shape index (κ3) is 1.92. The van der Waals surface area contributed by atoms with Crippen molar-refractivity contribution in [1.29, 1.82) is 0 Å². The minimum Gasteiger partial charge on any atom is -0.358 e. The number of rotatable bonds is 1. The van der Waals surface area contributed by atoms with Crippen LogP contribution in [0.4, 0.5) is 0 Å². The van der Waals surface area contributed by atoms with Crippen LogP contribution in [0, 0.1) is 0 Å². The molecule has 2 aliphatic carbocycles. The van der Waals surface area contributed by atoms with Gasteiger partial charge in [-0.05, 0) is 52.6 Å². The van der Waals surface area contributed by atoms with E-state index < -0.39 is 0 Å². The highest BCUT2D eigenvalue weighted by molar-refractivity contribution is 5.88. The van der Waals surface area contributed by atoms with Crippen molar-refractivity contribution in [3.63, 3.8) is 0 Å². The van der Waals surface area contributed by atoms with Crippen molar-refractivity contribution in [2.45, 2.75) is 43.4 Å². The van der Waals surface area contributed by atoms with Gasteiger partial charge >= 0.3 is 0 Å². The van der Waals surface area contributed by atoms with Gasteiger partial charge in [0.15, 0.2) is 0 Å². The second kappa shape index (κ2) is 5.23. The van der Waals surface area contributed by atoms with Gasteiger partial charge in [0.1, 0.15) is 0 Å². The number of benzene rings is 3. The SMILES string of the molecule is c1ccc2cc(C3CC4(CCCC4)c4c3[nH]c3ccccc43)ccc2c1. The van der Waals surface area contributed by atoms with Gasteiger partial charge in [-0.2, -0.15) is 0 Å². The van der Waals surface area contributed by atoms with Crippen molar-refractivity contribution in [2.75, 3.05) is 0 Å². The van der Waals surface area contributed by atoms with Gasteiger partial charge in [-0.15, -0.1) is 0 Å². The molecule has 1 aromatic heterocycles. The zero-order valence-electron chi connectivity index (χ0n) is 15.0. The topological polar surface area (TPSA) is 15.8 Å². The van der Waals surface area contributed by atoms with Crippen LogP contribution >= 0.6 is 0 Å². The molecule has 3 aromatic carbocycles. The third-order valence-electron chi connectivity index (χ3n) is 6.95. The summed E-state index contributed by atoms with van der Waals surface area (Å²) in [6, 6.07) is 24.7. The Balaban J connectivity index is 1.58. The monoisotopic (exact) mass is 337 g/mol. The van der Waals surface area contributed by atoms with E-state index in [-0.39, 0.29) is 0 Å². The molecule has 1 fully saturated rings. The van der Waals surface area contributed by atoms with Crippen LogP contribution in [0.3, 0.4) is 0 Å². The predicted molar refractivity (Wildman–Crippen MR) is 109 cm³/mol. The normalized spacial score (nSPS) is 21.0. The van der Waals surface area contributed by atoms with E-state index in [0.717, 1.165) is 0 Å². The summed E-state index contributed by atoms with van der Waals surface area (Å²) < 4.78 is 0. The number of fused-ring (bicyclic) bond motifs is 5. The van der Waals surface area contributed by atoms with Crippen LogP contribution in [0.5, 0.6) is 0 Å². The summed E-state index contributed by atoms with van der Waals surface area (Å²) in [4.78, 5) is 3.82. The first kappa shape index (κ1) is 14.6. The Morgan fingerprint density at radius 3 is 2.46 bits per heavy atom. The summed E-state index contributed by atoms with van der Waals surface area (Å²) in [6.07, 6.45) is 6.74. The highest BCUT2D eigenvalue weighted by Crippen LogP contribution is 2.58. The molecule has 2 aliphatic rings. The fourth-order valence-corrected chi connectivity index (χ4v) is 5.81. The molecule has 1 spiro atoms. The van der Waals surface area contributed by atoms with Gasteiger partial charge in [0.05, 0.1) is 0 Å². The van der Waals surface area contributed by atoms with Crippen LogP contribution < -0.4 is 0 Å². The summed E-state index contributed by atoms with van der Waals surface area (Å²) in [7, 11) is 0. The standard InChI is InChI=1S/C25H23N/c1-2-8-18-15-19(12-11-17(18)7-1)21-16-25(13-5-6-14-25)23-20-9-3-4-10-22(20)26-24(21)23/h1-4,7-12,15,21,26H,5-6,13-14,16H2. The lowest BCUT2D eigenvalue weighted by Gasteiger charge is -2.25. The minimum absolute atomic E-state index is 0.394. The highest BCUT2D eigenvalue weighted by atomic mass is 14.8. The van der Waals surface area contributed by atoms with Crippen molar-refractivity contribution in [2.24, 2.45) is 0 Å². The Morgan fingerprint density at radius 2 is 1.58 bits per heavy atom. The van der Waals surface area contributed by atoms with E-state index in [1.807, 2.05) is 0 Å². The summed E-state index contributed by atoms with van der Waals surface area (Å²) in [5.74, 6) is 0.500. The van der Waals surface area contributed by atoms with Crippen LogP contribution in [0.15, 0.2) is 66.7 Å². The molecule has 1 nitrogen and oxygen atoms in total. The van der Waals surface area contributed by atoms with Crippen LogP contribution in [0.2, 0.25) is 0 Å². The first-order valence-electron chi connectivity index (χ1n) is 9.94. The molecule has 1 atom stereocenters. The molecular weight excluding hydrogens is 314 g/mol. The van der Waals surface area contributed by atoms with Gasteiger partial charge in [-0.3, -0.25) is 0 Å². The van der Waals surface area contributed by atoms with Gasteiger partial charge in [0, 0.05) is 22.5 Å². The Kier molecular flexibility index (Phi) is 2.94. The quantitative estimate of drug-likeness (QED) is 0.399. The molecule has 0 radical (unpaired) electrons. The van der Waals surface area contributed by atoms with Crippen molar-refractivity contribution >= 4 is 21.7 Å². The highest BCUT2D eigenvalue weighted by Gasteiger charge is 2.47. The van der Waals surface area contributed by atoms with Crippen LogP contribution in [-0.2, 0) is 5.41 Å². The summed E-state index contributed by atoms with van der Waals surface area (Å²) in [5.41, 5.74) is 6.31. The fourth-order valence-electron chi connectivity index (χ4n) is 5.81. The molecule has 1 heteroatoms. The molecule has 1 N–H and O–H groups in total. The molecule has 0 amide bonds. The Labute approximate surface area is 154 Å². The van der Waals surface area contributed by atoms with E-state index in [0.29, 0.717) is 11.3 Å². The third-order valence-corrected chi connectivity index (χ3v) is 6.95. The van der Waals surface area contributed by atoms with E-state index in [2.05, 4.69) is 71.7 Å². The lowest BCUT2D eigenvalue weighted by atomic mass is 9.78. The zero-order valence-corrected chi connectivity index (χ0v) is 15.0. The Morgan fingerprint density at radius 1 is 0.808 bits per heavy atom. The number of nitrogens with one attached hydrogen (secondary N) is 1. The summed E-state index contributed by atoms with van der Waals surface area (Å²) >= 11 is 0. The smallest absolute Gasteiger partial charge is 0.0459 e. The summed E-state index contributed by atoms with van der Waals surface area (Å²) in [5, 5.41) is 4.16. The maximum Gasteiger partial charge on any atom is 0.0459 e. The number of para-hydroxylation sites is 1. The van der Waals surface area contributed by atoms with Gasteiger partial charge in [-0.25, -0.2) is 0 Å². The molecule has 0 aliphatic heterocycles. The molecule has 1 heterocycles. The van der Waals surface area contributed by atoms with Crippen LogP contribution in [0.1, 0.15) is 54.8 Å². The largest absolute Gasteiger partial charge is 0.358 e. The first-order valence-corrected chi connectivity index (χ1v) is 9.94. The molecule has 4 aromatic rings. The zero-order chi connectivity index (χ0) is 17.1. The van der Waals surface area contributed by atoms with Crippen LogP contribution in [0.25, 0.3) is 21.7 Å². The lowest BCUT2D eigenvalue weighted by molar-refractivity contribution is 0.425. The average Bonchev–Trinajstić information content (AvgIpc) is 3.38. The second-order valence-electron chi connectivity index (χ2n) is 8.31. The Hall–Kier alpha value is -2.54. The van der Waals surface area contributed by atoms with E-state index in [4.69, 9.17) is 0 Å².